The van der Waals surface area contributed by atoms with Gasteiger partial charge in [-0.25, -0.2) is 9.31 Å². The Kier molecular flexibility index (Phi) is 5.02. The van der Waals surface area contributed by atoms with Gasteiger partial charge >= 0.3 is 5.97 Å². The van der Waals surface area contributed by atoms with Crippen molar-refractivity contribution in [3.05, 3.63) is 70.5 Å². The van der Waals surface area contributed by atoms with Crippen molar-refractivity contribution in [2.24, 2.45) is 0 Å². The summed E-state index contributed by atoms with van der Waals surface area (Å²) in [5, 5.41) is 7.44. The number of aromatic nitrogens is 2. The summed E-state index contributed by atoms with van der Waals surface area (Å²) in [6.07, 6.45) is 2.55. The number of nitrogens with zero attached hydrogens (tertiary/aromatic N) is 2. The Morgan fingerprint density at radius 1 is 1.19 bits per heavy atom. The van der Waals surface area contributed by atoms with E-state index in [1.807, 2.05) is 32.2 Å². The zero-order valence-electron chi connectivity index (χ0n) is 15.1. The van der Waals surface area contributed by atoms with Crippen LogP contribution in [0.2, 0.25) is 0 Å². The van der Waals surface area contributed by atoms with Gasteiger partial charge in [0, 0.05) is 12.7 Å². The maximum absolute atomic E-state index is 12.8. The van der Waals surface area contributed by atoms with Gasteiger partial charge < -0.3 is 10.1 Å². The van der Waals surface area contributed by atoms with Gasteiger partial charge in [-0.15, -0.1) is 0 Å². The van der Waals surface area contributed by atoms with Gasteiger partial charge in [0.15, 0.2) is 0 Å². The van der Waals surface area contributed by atoms with Crippen LogP contribution < -0.4 is 5.32 Å². The molecule has 2 heterocycles. The molecule has 0 fully saturated rings. The van der Waals surface area contributed by atoms with E-state index in [1.54, 1.807) is 28.8 Å². The molecule has 0 unspecified atom stereocenters. The fourth-order valence-electron chi connectivity index (χ4n) is 2.84. The zero-order valence-corrected chi connectivity index (χ0v) is 15.1. The number of nitrogens with one attached hydrogen (secondary N) is 1. The lowest BCUT2D eigenvalue weighted by Crippen LogP contribution is -2.23. The fourth-order valence-corrected chi connectivity index (χ4v) is 2.84. The first kappa shape index (κ1) is 17.7. The Morgan fingerprint density at radius 3 is 2.58 bits per heavy atom. The SMILES string of the molecule is CCc1nn2ccc(C)cc2c1C(=O)NCc1ccc(C(=O)OC)cc1. The number of aryl methyl sites for hydroxylation is 2. The number of fused-ring (bicyclic) bond motifs is 1. The number of rotatable bonds is 5. The summed E-state index contributed by atoms with van der Waals surface area (Å²) in [6, 6.07) is 10.9. The molecule has 134 valence electrons. The van der Waals surface area contributed by atoms with E-state index in [0.717, 1.165) is 22.3 Å². The predicted molar refractivity (Wildman–Crippen MR) is 98.3 cm³/mol. The number of carbonyl (C=O) groups excluding carboxylic acids is 2. The normalized spacial score (nSPS) is 10.7. The quantitative estimate of drug-likeness (QED) is 0.718. The van der Waals surface area contributed by atoms with Crippen molar-refractivity contribution < 1.29 is 14.3 Å². The van der Waals surface area contributed by atoms with Gasteiger partial charge in [0.25, 0.3) is 5.91 Å². The van der Waals surface area contributed by atoms with Crippen LogP contribution in [0.3, 0.4) is 0 Å². The molecule has 2 aromatic heterocycles. The third-order valence-electron chi connectivity index (χ3n) is 4.25. The number of hydrogen-bond acceptors (Lipinski definition) is 4. The molecule has 26 heavy (non-hydrogen) atoms. The average Bonchev–Trinajstić information content (AvgIpc) is 3.03. The maximum Gasteiger partial charge on any atom is 0.337 e. The zero-order chi connectivity index (χ0) is 18.7. The topological polar surface area (TPSA) is 72.7 Å². The van der Waals surface area contributed by atoms with Gasteiger partial charge in [-0.3, -0.25) is 4.79 Å². The molecule has 3 rings (SSSR count). The molecule has 1 aromatic carbocycles. The van der Waals surface area contributed by atoms with Crippen molar-refractivity contribution in [1.29, 1.82) is 0 Å². The van der Waals surface area contributed by atoms with E-state index in [1.165, 1.54) is 7.11 Å². The molecule has 3 aromatic rings. The molecule has 0 aliphatic rings. The summed E-state index contributed by atoms with van der Waals surface area (Å²) in [5.74, 6) is -0.533. The second-order valence-corrected chi connectivity index (χ2v) is 6.08. The molecular formula is C20H21N3O3. The van der Waals surface area contributed by atoms with Crippen LogP contribution in [0, 0.1) is 6.92 Å². The van der Waals surface area contributed by atoms with Gasteiger partial charge in [-0.2, -0.15) is 5.10 Å². The van der Waals surface area contributed by atoms with E-state index in [0.29, 0.717) is 24.1 Å². The monoisotopic (exact) mass is 351 g/mol. The van der Waals surface area contributed by atoms with Gasteiger partial charge in [0.05, 0.1) is 29.4 Å². The van der Waals surface area contributed by atoms with E-state index in [-0.39, 0.29) is 11.9 Å². The minimum Gasteiger partial charge on any atom is -0.465 e. The first-order valence-electron chi connectivity index (χ1n) is 8.46. The number of ether oxygens (including phenoxy) is 1. The van der Waals surface area contributed by atoms with Gasteiger partial charge in [-0.05, 0) is 48.7 Å². The highest BCUT2D eigenvalue weighted by molar-refractivity contribution is 6.02. The molecule has 0 spiro atoms. The highest BCUT2D eigenvalue weighted by Crippen LogP contribution is 2.18. The van der Waals surface area contributed by atoms with Gasteiger partial charge in [0.2, 0.25) is 0 Å². The van der Waals surface area contributed by atoms with Crippen LogP contribution in [0.15, 0.2) is 42.6 Å². The van der Waals surface area contributed by atoms with E-state index in [2.05, 4.69) is 15.2 Å². The molecule has 1 amide bonds. The van der Waals surface area contributed by atoms with Gasteiger partial charge in [0.1, 0.15) is 0 Å². The van der Waals surface area contributed by atoms with Crippen LogP contribution in [0.4, 0.5) is 0 Å². The summed E-state index contributed by atoms with van der Waals surface area (Å²) in [5.41, 5.74) is 4.65. The number of carbonyl (C=O) groups is 2. The summed E-state index contributed by atoms with van der Waals surface area (Å²) in [7, 11) is 1.35. The van der Waals surface area contributed by atoms with Crippen molar-refractivity contribution in [2.75, 3.05) is 7.11 Å². The number of methoxy groups -OCH3 is 1. The van der Waals surface area contributed by atoms with E-state index < -0.39 is 0 Å². The third-order valence-corrected chi connectivity index (χ3v) is 4.25. The van der Waals surface area contributed by atoms with Crippen molar-refractivity contribution in [1.82, 2.24) is 14.9 Å². The highest BCUT2D eigenvalue weighted by atomic mass is 16.5. The van der Waals surface area contributed by atoms with Crippen LogP contribution in [0.25, 0.3) is 5.52 Å². The average molecular weight is 351 g/mol. The highest BCUT2D eigenvalue weighted by Gasteiger charge is 2.18. The predicted octanol–water partition coefficient (Wildman–Crippen LogP) is 2.92. The number of amides is 1. The molecule has 0 atom stereocenters. The third kappa shape index (κ3) is 3.44. The molecule has 0 aliphatic heterocycles. The number of hydrogen-bond donors (Lipinski definition) is 1. The summed E-state index contributed by atoms with van der Waals surface area (Å²) in [4.78, 5) is 24.2. The minimum absolute atomic E-state index is 0.153. The molecule has 0 saturated carbocycles. The van der Waals surface area contributed by atoms with Crippen LogP contribution in [-0.2, 0) is 17.7 Å². The standard InChI is InChI=1S/C20H21N3O3/c1-4-16-18(17-11-13(2)9-10-23(17)22-16)19(24)21-12-14-5-7-15(8-6-14)20(25)26-3/h5-11H,4,12H2,1-3H3,(H,21,24). The first-order valence-corrected chi connectivity index (χ1v) is 8.46. The summed E-state index contributed by atoms with van der Waals surface area (Å²) in [6.45, 7) is 4.34. The van der Waals surface area contributed by atoms with Crippen molar-refractivity contribution >= 4 is 17.4 Å². The Morgan fingerprint density at radius 2 is 1.92 bits per heavy atom. The van der Waals surface area contributed by atoms with Crippen molar-refractivity contribution in [3.63, 3.8) is 0 Å². The largest absolute Gasteiger partial charge is 0.465 e. The summed E-state index contributed by atoms with van der Waals surface area (Å²) < 4.78 is 6.42. The Labute approximate surface area is 151 Å². The molecule has 1 N–H and O–H groups in total. The minimum atomic E-state index is -0.380. The Balaban J connectivity index is 1.79. The second kappa shape index (κ2) is 7.39. The Bertz CT molecular complexity index is 958. The Hall–Kier alpha value is -3.15. The fraction of sp³-hybridized carbons (Fsp3) is 0.250. The lowest BCUT2D eigenvalue weighted by atomic mass is 10.1. The molecule has 0 radical (unpaired) electrons. The van der Waals surface area contributed by atoms with Crippen molar-refractivity contribution in [3.8, 4) is 0 Å². The number of benzene rings is 1. The molecule has 6 heteroatoms. The number of esters is 1. The van der Waals surface area contributed by atoms with Gasteiger partial charge in [-0.1, -0.05) is 19.1 Å². The lowest BCUT2D eigenvalue weighted by Gasteiger charge is -2.07. The molecule has 0 aliphatic carbocycles. The maximum atomic E-state index is 12.8. The van der Waals surface area contributed by atoms with Crippen LogP contribution in [0.5, 0.6) is 0 Å². The van der Waals surface area contributed by atoms with E-state index in [9.17, 15) is 9.59 Å². The van der Waals surface area contributed by atoms with Crippen LogP contribution >= 0.6 is 0 Å². The smallest absolute Gasteiger partial charge is 0.337 e. The van der Waals surface area contributed by atoms with Crippen molar-refractivity contribution in [2.45, 2.75) is 26.8 Å². The van der Waals surface area contributed by atoms with Crippen LogP contribution in [-0.4, -0.2) is 28.6 Å². The molecular weight excluding hydrogens is 330 g/mol. The molecule has 0 bridgehead atoms. The van der Waals surface area contributed by atoms with Crippen LogP contribution in [0.1, 0.15) is 44.5 Å². The van der Waals surface area contributed by atoms with E-state index in [4.69, 9.17) is 0 Å². The summed E-state index contributed by atoms with van der Waals surface area (Å²) >= 11 is 0. The first-order chi connectivity index (χ1) is 12.5. The second-order valence-electron chi connectivity index (χ2n) is 6.08. The van der Waals surface area contributed by atoms with E-state index >= 15 is 0 Å². The lowest BCUT2D eigenvalue weighted by molar-refractivity contribution is 0.0600. The number of pyridine rings is 1. The molecule has 6 nitrogen and oxygen atoms in total. The molecule has 0 saturated heterocycles.